The second kappa shape index (κ2) is 6.78. The van der Waals surface area contributed by atoms with E-state index in [9.17, 15) is 4.79 Å². The summed E-state index contributed by atoms with van der Waals surface area (Å²) in [6, 6.07) is 7.86. The molecule has 2 unspecified atom stereocenters. The predicted molar refractivity (Wildman–Crippen MR) is 84.1 cm³/mol. The first-order chi connectivity index (χ1) is 9.63. The number of carbonyl (C=O) groups excluding carboxylic acids is 1. The Morgan fingerprint density at radius 3 is 2.75 bits per heavy atom. The molecule has 1 aromatic rings. The van der Waals surface area contributed by atoms with Crippen molar-refractivity contribution in [1.29, 1.82) is 0 Å². The largest absolute Gasteiger partial charge is 0.384 e. The summed E-state index contributed by atoms with van der Waals surface area (Å²) in [7, 11) is 0. The molecule has 0 radical (unpaired) electrons. The van der Waals surface area contributed by atoms with Gasteiger partial charge in [-0.15, -0.1) is 0 Å². The Labute approximate surface area is 122 Å². The molecule has 1 aliphatic heterocycles. The molecule has 3 nitrogen and oxygen atoms in total. The summed E-state index contributed by atoms with van der Waals surface area (Å²) in [6.07, 6.45) is 2.16. The second-order valence-corrected chi connectivity index (χ2v) is 5.97. The molecule has 1 N–H and O–H groups in total. The molecular formula is C17H26N2O. The van der Waals surface area contributed by atoms with E-state index >= 15 is 0 Å². The first kappa shape index (κ1) is 14.9. The zero-order chi connectivity index (χ0) is 14.5. The van der Waals surface area contributed by atoms with Gasteiger partial charge >= 0.3 is 0 Å². The number of hydrogen-bond donors (Lipinski definition) is 1. The highest BCUT2D eigenvalue weighted by Gasteiger charge is 2.27. The number of benzene rings is 1. The SMILES string of the molecule is CCCNc1ccccc1C(=O)N1CCC(C)C(C)C1. The van der Waals surface area contributed by atoms with Gasteiger partial charge < -0.3 is 10.2 Å². The van der Waals surface area contributed by atoms with Gasteiger partial charge in [0.05, 0.1) is 5.56 Å². The lowest BCUT2D eigenvalue weighted by molar-refractivity contribution is 0.0628. The Balaban J connectivity index is 2.12. The van der Waals surface area contributed by atoms with Crippen LogP contribution in [0.5, 0.6) is 0 Å². The Morgan fingerprint density at radius 2 is 2.05 bits per heavy atom. The highest BCUT2D eigenvalue weighted by atomic mass is 16.2. The van der Waals surface area contributed by atoms with Crippen LogP contribution in [0.15, 0.2) is 24.3 Å². The standard InChI is InChI=1S/C17H26N2O/c1-4-10-18-16-8-6-5-7-15(16)17(20)19-11-9-13(2)14(3)12-19/h5-8,13-14,18H,4,9-12H2,1-3H3. The Bertz CT molecular complexity index is 458. The Morgan fingerprint density at radius 1 is 1.30 bits per heavy atom. The average molecular weight is 274 g/mol. The van der Waals surface area contributed by atoms with Crippen molar-refractivity contribution in [2.75, 3.05) is 25.0 Å². The van der Waals surface area contributed by atoms with Gasteiger partial charge in [0.2, 0.25) is 0 Å². The number of para-hydroxylation sites is 1. The van der Waals surface area contributed by atoms with Crippen molar-refractivity contribution in [2.45, 2.75) is 33.6 Å². The fraction of sp³-hybridized carbons (Fsp3) is 0.588. The van der Waals surface area contributed by atoms with Crippen molar-refractivity contribution in [3.8, 4) is 0 Å². The maximum Gasteiger partial charge on any atom is 0.255 e. The maximum absolute atomic E-state index is 12.7. The van der Waals surface area contributed by atoms with Crippen molar-refractivity contribution in [3.63, 3.8) is 0 Å². The molecule has 1 heterocycles. The average Bonchev–Trinajstić information content (AvgIpc) is 2.47. The van der Waals surface area contributed by atoms with Crippen molar-refractivity contribution >= 4 is 11.6 Å². The van der Waals surface area contributed by atoms with E-state index in [2.05, 4.69) is 26.1 Å². The van der Waals surface area contributed by atoms with Crippen LogP contribution in [-0.2, 0) is 0 Å². The third kappa shape index (κ3) is 3.33. The van der Waals surface area contributed by atoms with Gasteiger partial charge in [-0.2, -0.15) is 0 Å². The van der Waals surface area contributed by atoms with Crippen LogP contribution < -0.4 is 5.32 Å². The minimum absolute atomic E-state index is 0.169. The summed E-state index contributed by atoms with van der Waals surface area (Å²) in [4.78, 5) is 14.7. The van der Waals surface area contributed by atoms with Gasteiger partial charge in [-0.25, -0.2) is 0 Å². The summed E-state index contributed by atoms with van der Waals surface area (Å²) in [5, 5.41) is 3.36. The Hall–Kier alpha value is -1.51. The molecule has 1 aromatic carbocycles. The summed E-state index contributed by atoms with van der Waals surface area (Å²) >= 11 is 0. The lowest BCUT2D eigenvalue weighted by Crippen LogP contribution is -2.42. The van der Waals surface area contributed by atoms with Gasteiger partial charge in [0, 0.05) is 25.3 Å². The second-order valence-electron chi connectivity index (χ2n) is 5.97. The highest BCUT2D eigenvalue weighted by Crippen LogP contribution is 2.25. The highest BCUT2D eigenvalue weighted by molar-refractivity contribution is 5.99. The minimum Gasteiger partial charge on any atom is -0.384 e. The lowest BCUT2D eigenvalue weighted by atomic mass is 9.88. The number of hydrogen-bond acceptors (Lipinski definition) is 2. The number of piperidine rings is 1. The van der Waals surface area contributed by atoms with Crippen LogP contribution >= 0.6 is 0 Å². The first-order valence-electron chi connectivity index (χ1n) is 7.75. The summed E-state index contributed by atoms with van der Waals surface area (Å²) in [5.41, 5.74) is 1.77. The molecule has 2 atom stereocenters. The first-order valence-corrected chi connectivity index (χ1v) is 7.75. The molecule has 0 spiro atoms. The Kier molecular flexibility index (Phi) is 5.05. The normalized spacial score (nSPS) is 22.6. The van der Waals surface area contributed by atoms with Crippen LogP contribution in [-0.4, -0.2) is 30.4 Å². The molecule has 2 rings (SSSR count). The van der Waals surface area contributed by atoms with Gasteiger partial charge in [-0.05, 0) is 36.8 Å². The van der Waals surface area contributed by atoms with E-state index in [0.717, 1.165) is 43.7 Å². The van der Waals surface area contributed by atoms with E-state index in [-0.39, 0.29) is 5.91 Å². The van der Waals surface area contributed by atoms with Crippen LogP contribution in [0, 0.1) is 11.8 Å². The third-order valence-electron chi connectivity index (χ3n) is 4.34. The summed E-state index contributed by atoms with van der Waals surface area (Å²) < 4.78 is 0. The molecule has 1 saturated heterocycles. The number of carbonyl (C=O) groups is 1. The van der Waals surface area contributed by atoms with Crippen LogP contribution in [0.4, 0.5) is 5.69 Å². The quantitative estimate of drug-likeness (QED) is 0.909. The van der Waals surface area contributed by atoms with Crippen LogP contribution in [0.25, 0.3) is 0 Å². The number of anilines is 1. The molecule has 1 aliphatic rings. The number of likely N-dealkylation sites (tertiary alicyclic amines) is 1. The molecule has 0 aromatic heterocycles. The lowest BCUT2D eigenvalue weighted by Gasteiger charge is -2.35. The van der Waals surface area contributed by atoms with E-state index in [4.69, 9.17) is 0 Å². The van der Waals surface area contributed by atoms with Crippen LogP contribution in [0.3, 0.4) is 0 Å². The van der Waals surface area contributed by atoms with E-state index in [1.807, 2.05) is 29.2 Å². The fourth-order valence-corrected chi connectivity index (χ4v) is 2.70. The van der Waals surface area contributed by atoms with Crippen molar-refractivity contribution in [1.82, 2.24) is 4.90 Å². The number of amides is 1. The predicted octanol–water partition coefficient (Wildman–Crippen LogP) is 3.63. The van der Waals surface area contributed by atoms with Gasteiger partial charge in [-0.3, -0.25) is 4.79 Å². The molecule has 3 heteroatoms. The van der Waals surface area contributed by atoms with Gasteiger partial charge in [-0.1, -0.05) is 32.9 Å². The number of rotatable bonds is 4. The van der Waals surface area contributed by atoms with E-state index in [1.165, 1.54) is 0 Å². The molecule has 1 fully saturated rings. The third-order valence-corrected chi connectivity index (χ3v) is 4.34. The summed E-state index contributed by atoms with van der Waals surface area (Å²) in [5.74, 6) is 1.47. The van der Waals surface area contributed by atoms with Crippen molar-refractivity contribution < 1.29 is 4.79 Å². The zero-order valence-corrected chi connectivity index (χ0v) is 12.9. The molecule has 0 aliphatic carbocycles. The molecule has 110 valence electrons. The zero-order valence-electron chi connectivity index (χ0n) is 12.9. The summed E-state index contributed by atoms with van der Waals surface area (Å²) in [6.45, 7) is 9.31. The molecule has 0 bridgehead atoms. The topological polar surface area (TPSA) is 32.3 Å². The maximum atomic E-state index is 12.7. The number of nitrogens with one attached hydrogen (secondary N) is 1. The van der Waals surface area contributed by atoms with Crippen molar-refractivity contribution in [2.24, 2.45) is 11.8 Å². The molecular weight excluding hydrogens is 248 g/mol. The molecule has 20 heavy (non-hydrogen) atoms. The van der Waals surface area contributed by atoms with Gasteiger partial charge in [0.25, 0.3) is 5.91 Å². The van der Waals surface area contributed by atoms with E-state index in [1.54, 1.807) is 0 Å². The molecule has 1 amide bonds. The number of nitrogens with zero attached hydrogens (tertiary/aromatic N) is 1. The molecule has 0 saturated carbocycles. The van der Waals surface area contributed by atoms with Gasteiger partial charge in [0.1, 0.15) is 0 Å². The van der Waals surface area contributed by atoms with Crippen LogP contribution in [0.2, 0.25) is 0 Å². The van der Waals surface area contributed by atoms with Crippen molar-refractivity contribution in [3.05, 3.63) is 29.8 Å². The van der Waals surface area contributed by atoms with E-state index < -0.39 is 0 Å². The fourth-order valence-electron chi connectivity index (χ4n) is 2.70. The van der Waals surface area contributed by atoms with E-state index in [0.29, 0.717) is 11.8 Å². The smallest absolute Gasteiger partial charge is 0.255 e. The van der Waals surface area contributed by atoms with Crippen LogP contribution in [0.1, 0.15) is 44.0 Å². The monoisotopic (exact) mass is 274 g/mol. The minimum atomic E-state index is 0.169. The van der Waals surface area contributed by atoms with Gasteiger partial charge in [0.15, 0.2) is 0 Å².